The number of hydrogen-bond donors (Lipinski definition) is 1. The quantitative estimate of drug-likeness (QED) is 0.683. The van der Waals surface area contributed by atoms with E-state index in [4.69, 9.17) is 23.2 Å². The maximum Gasteiger partial charge on any atom is 0.233 e. The fourth-order valence-electron chi connectivity index (χ4n) is 2.12. The summed E-state index contributed by atoms with van der Waals surface area (Å²) in [5.74, 6) is -0.0753. The molecule has 0 bridgehead atoms. The summed E-state index contributed by atoms with van der Waals surface area (Å²) < 4.78 is 1.69. The number of pyridine rings is 1. The molecule has 0 aliphatic rings. The number of hydrogen-bond acceptors (Lipinski definition) is 4. The third kappa shape index (κ3) is 3.83. The largest absolute Gasteiger partial charge is 0.351 e. The number of nitrogens with one attached hydrogen (secondary N) is 1. The normalized spacial score (nSPS) is 12.3. The molecule has 1 atom stereocenters. The number of rotatable bonds is 5. The number of carbonyl (C=O) groups excluding carboxylic acids is 1. The van der Waals surface area contributed by atoms with E-state index in [0.29, 0.717) is 27.4 Å². The molecule has 1 N–H and O–H groups in total. The first-order valence-corrected chi connectivity index (χ1v) is 8.86. The summed E-state index contributed by atoms with van der Waals surface area (Å²) in [5.41, 5.74) is 1.56. The number of benzene rings is 1. The molecule has 0 aliphatic heterocycles. The number of amides is 1. The average Bonchev–Trinajstić information content (AvgIpc) is 2.96. The number of carbonyl (C=O) groups is 1. The van der Waals surface area contributed by atoms with Crippen molar-refractivity contribution in [1.29, 1.82) is 0 Å². The third-order valence-corrected chi connectivity index (χ3v) is 4.90. The number of halogens is 2. The molecular formula is C16H14Cl2N4OS. The highest BCUT2D eigenvalue weighted by Crippen LogP contribution is 2.27. The summed E-state index contributed by atoms with van der Waals surface area (Å²) in [4.78, 5) is 12.3. The molecule has 2 heterocycles. The van der Waals surface area contributed by atoms with E-state index < -0.39 is 0 Å². The van der Waals surface area contributed by atoms with Crippen LogP contribution < -0.4 is 5.32 Å². The molecule has 0 fully saturated rings. The number of thioether (sulfide) groups is 1. The van der Waals surface area contributed by atoms with Crippen molar-refractivity contribution in [3.8, 4) is 0 Å². The Labute approximate surface area is 153 Å². The summed E-state index contributed by atoms with van der Waals surface area (Å²) in [6, 6.07) is 11.4. The maximum absolute atomic E-state index is 12.3. The molecule has 0 aliphatic carbocycles. The Balaban J connectivity index is 1.68. The van der Waals surface area contributed by atoms with Crippen molar-refractivity contribution in [2.75, 3.05) is 0 Å². The van der Waals surface area contributed by atoms with Crippen LogP contribution in [-0.4, -0.2) is 25.8 Å². The van der Waals surface area contributed by atoms with Crippen LogP contribution in [0.2, 0.25) is 10.0 Å². The summed E-state index contributed by atoms with van der Waals surface area (Å²) >= 11 is 13.4. The van der Waals surface area contributed by atoms with Crippen LogP contribution in [0.25, 0.3) is 5.65 Å². The van der Waals surface area contributed by atoms with Gasteiger partial charge in [-0.1, -0.05) is 65.3 Å². The van der Waals surface area contributed by atoms with E-state index in [0.717, 1.165) is 5.56 Å². The Morgan fingerprint density at radius 1 is 1.29 bits per heavy atom. The first kappa shape index (κ1) is 17.1. The number of aromatic nitrogens is 3. The zero-order valence-corrected chi connectivity index (χ0v) is 15.1. The fourth-order valence-corrected chi connectivity index (χ4v) is 3.48. The minimum atomic E-state index is -0.334. The van der Waals surface area contributed by atoms with E-state index in [1.54, 1.807) is 16.7 Å². The number of fused-ring (bicyclic) bond motifs is 1. The lowest BCUT2D eigenvalue weighted by Gasteiger charge is -2.11. The van der Waals surface area contributed by atoms with Crippen LogP contribution in [0.5, 0.6) is 0 Å². The average molecular weight is 381 g/mol. The highest BCUT2D eigenvalue weighted by Gasteiger charge is 2.18. The van der Waals surface area contributed by atoms with Gasteiger partial charge in [-0.3, -0.25) is 9.20 Å². The van der Waals surface area contributed by atoms with Gasteiger partial charge in [0.05, 0.1) is 15.3 Å². The Morgan fingerprint density at radius 3 is 2.79 bits per heavy atom. The Kier molecular flexibility index (Phi) is 5.28. The molecule has 0 unspecified atom stereocenters. The lowest BCUT2D eigenvalue weighted by Crippen LogP contribution is -2.30. The summed E-state index contributed by atoms with van der Waals surface area (Å²) in [6.07, 6.45) is 1.68. The van der Waals surface area contributed by atoms with Gasteiger partial charge in [0.25, 0.3) is 0 Å². The van der Waals surface area contributed by atoms with Gasteiger partial charge in [-0.25, -0.2) is 0 Å². The predicted octanol–water partition coefficient (Wildman–Crippen LogP) is 3.83. The van der Waals surface area contributed by atoms with Gasteiger partial charge >= 0.3 is 0 Å². The van der Waals surface area contributed by atoms with Crippen molar-refractivity contribution >= 4 is 46.5 Å². The van der Waals surface area contributed by atoms with Gasteiger partial charge < -0.3 is 5.32 Å². The predicted molar refractivity (Wildman–Crippen MR) is 96.6 cm³/mol. The highest BCUT2D eigenvalue weighted by molar-refractivity contribution is 8.00. The monoisotopic (exact) mass is 380 g/mol. The summed E-state index contributed by atoms with van der Waals surface area (Å²) in [7, 11) is 0. The van der Waals surface area contributed by atoms with E-state index in [-0.39, 0.29) is 11.2 Å². The standard InChI is InChI=1S/C16H14Cl2N4OS/c1-10(15(23)19-8-11-5-3-2-4-6-11)24-16-21-20-14-13(18)7-12(17)9-22(14)16/h2-7,9-10H,8H2,1H3,(H,19,23)/t10-/m1/s1. The molecule has 8 heteroatoms. The van der Waals surface area contributed by atoms with Gasteiger partial charge in [0.15, 0.2) is 10.8 Å². The second-order valence-corrected chi connectivity index (χ2v) is 7.30. The fraction of sp³-hybridized carbons (Fsp3) is 0.188. The Morgan fingerprint density at radius 2 is 2.04 bits per heavy atom. The van der Waals surface area contributed by atoms with Crippen LogP contribution in [0, 0.1) is 0 Å². The third-order valence-electron chi connectivity index (χ3n) is 3.36. The van der Waals surface area contributed by atoms with Crippen molar-refractivity contribution < 1.29 is 4.79 Å². The highest BCUT2D eigenvalue weighted by atomic mass is 35.5. The van der Waals surface area contributed by atoms with E-state index in [1.807, 2.05) is 37.3 Å². The lowest BCUT2D eigenvalue weighted by atomic mass is 10.2. The van der Waals surface area contributed by atoms with Crippen molar-refractivity contribution in [3.63, 3.8) is 0 Å². The van der Waals surface area contributed by atoms with Crippen LogP contribution in [0.4, 0.5) is 0 Å². The molecule has 124 valence electrons. The molecule has 3 rings (SSSR count). The molecule has 0 saturated heterocycles. The first-order chi connectivity index (χ1) is 11.5. The zero-order valence-electron chi connectivity index (χ0n) is 12.7. The zero-order chi connectivity index (χ0) is 17.1. The topological polar surface area (TPSA) is 59.3 Å². The molecule has 5 nitrogen and oxygen atoms in total. The molecule has 1 aromatic carbocycles. The molecule has 2 aromatic heterocycles. The van der Waals surface area contributed by atoms with Gasteiger partial charge in [0, 0.05) is 12.7 Å². The van der Waals surface area contributed by atoms with E-state index in [2.05, 4.69) is 15.5 Å². The molecule has 3 aromatic rings. The molecule has 0 radical (unpaired) electrons. The van der Waals surface area contributed by atoms with Crippen molar-refractivity contribution in [2.45, 2.75) is 23.9 Å². The van der Waals surface area contributed by atoms with Crippen molar-refractivity contribution in [1.82, 2.24) is 19.9 Å². The molecule has 24 heavy (non-hydrogen) atoms. The number of nitrogens with zero attached hydrogens (tertiary/aromatic N) is 3. The molecule has 0 spiro atoms. The molecule has 0 saturated carbocycles. The van der Waals surface area contributed by atoms with Crippen molar-refractivity contribution in [3.05, 3.63) is 58.2 Å². The van der Waals surface area contributed by atoms with Crippen LogP contribution in [0.15, 0.2) is 47.8 Å². The van der Waals surface area contributed by atoms with Gasteiger partial charge in [0.2, 0.25) is 5.91 Å². The van der Waals surface area contributed by atoms with Gasteiger partial charge in [-0.05, 0) is 18.6 Å². The Bertz CT molecular complexity index is 869. The van der Waals surface area contributed by atoms with E-state index in [9.17, 15) is 4.79 Å². The van der Waals surface area contributed by atoms with E-state index >= 15 is 0 Å². The van der Waals surface area contributed by atoms with Crippen LogP contribution in [-0.2, 0) is 11.3 Å². The summed E-state index contributed by atoms with van der Waals surface area (Å²) in [6.45, 7) is 2.31. The van der Waals surface area contributed by atoms with Crippen LogP contribution in [0.1, 0.15) is 12.5 Å². The second kappa shape index (κ2) is 7.42. The first-order valence-electron chi connectivity index (χ1n) is 7.22. The van der Waals surface area contributed by atoms with Gasteiger partial charge in [-0.2, -0.15) is 0 Å². The van der Waals surface area contributed by atoms with Crippen LogP contribution >= 0.6 is 35.0 Å². The SMILES string of the molecule is C[C@@H](Sc1nnc2c(Cl)cc(Cl)cn12)C(=O)NCc1ccccc1. The molecule has 1 amide bonds. The lowest BCUT2D eigenvalue weighted by molar-refractivity contribution is -0.120. The van der Waals surface area contributed by atoms with Gasteiger partial charge in [0.1, 0.15) is 0 Å². The minimum absolute atomic E-state index is 0.0753. The van der Waals surface area contributed by atoms with E-state index in [1.165, 1.54) is 11.8 Å². The van der Waals surface area contributed by atoms with Gasteiger partial charge in [-0.15, -0.1) is 10.2 Å². The minimum Gasteiger partial charge on any atom is -0.351 e. The maximum atomic E-state index is 12.3. The van der Waals surface area contributed by atoms with Crippen molar-refractivity contribution in [2.24, 2.45) is 0 Å². The smallest absolute Gasteiger partial charge is 0.233 e. The second-order valence-electron chi connectivity index (χ2n) is 5.15. The van der Waals surface area contributed by atoms with Crippen LogP contribution in [0.3, 0.4) is 0 Å². The summed E-state index contributed by atoms with van der Waals surface area (Å²) in [5, 5.41) is 12.2. The molecular weight excluding hydrogens is 367 g/mol. The Hall–Kier alpha value is -1.76.